The molecule has 0 aromatic carbocycles. The van der Waals surface area contributed by atoms with Crippen LogP contribution in [0.25, 0.3) is 0 Å². The predicted octanol–water partition coefficient (Wildman–Crippen LogP) is 0.544. The molecule has 0 saturated heterocycles. The number of phosphoric acid groups is 1. The fraction of sp³-hybridized carbons (Fsp3) is 0.812. The molecule has 2 amide bonds. The van der Waals surface area contributed by atoms with E-state index >= 15 is 0 Å². The molecule has 1 unspecified atom stereocenters. The van der Waals surface area contributed by atoms with Gasteiger partial charge in [-0.2, -0.15) is 0 Å². The van der Waals surface area contributed by atoms with E-state index in [9.17, 15) is 19.3 Å². The number of nitrogens with zero attached hydrogens (tertiary/aromatic N) is 1. The van der Waals surface area contributed by atoms with E-state index in [1.54, 1.807) is 6.92 Å². The van der Waals surface area contributed by atoms with E-state index in [-0.39, 0.29) is 18.9 Å². The minimum atomic E-state index is -4.70. The van der Waals surface area contributed by atoms with E-state index < -0.39 is 31.9 Å². The quantitative estimate of drug-likeness (QED) is 0.171. The number of hydrogen-bond acceptors (Lipinski definition) is 7. The van der Waals surface area contributed by atoms with E-state index in [4.69, 9.17) is 9.79 Å². The second-order valence-electron chi connectivity index (χ2n) is 6.31. The highest BCUT2D eigenvalue weighted by Gasteiger charge is 2.35. The van der Waals surface area contributed by atoms with Crippen LogP contribution < -0.4 is 10.6 Å². The molecule has 0 aliphatic rings. The van der Waals surface area contributed by atoms with Crippen molar-refractivity contribution >= 4 is 25.3 Å². The number of amides is 2. The number of oxime groups is 1. The summed E-state index contributed by atoms with van der Waals surface area (Å²) in [5, 5.41) is 18.7. The molecule has 0 aliphatic heterocycles. The van der Waals surface area contributed by atoms with Crippen LogP contribution in [-0.2, 0) is 23.5 Å². The van der Waals surface area contributed by atoms with Crippen molar-refractivity contribution in [3.05, 3.63) is 0 Å². The van der Waals surface area contributed by atoms with Crippen molar-refractivity contribution in [2.24, 2.45) is 10.6 Å². The highest BCUT2D eigenvalue weighted by Crippen LogP contribution is 2.38. The number of carbonyl (C=O) groups is 2. The topological polar surface area (TPSA) is 167 Å². The van der Waals surface area contributed by atoms with Gasteiger partial charge in [-0.25, -0.2) is 4.57 Å². The van der Waals surface area contributed by atoms with Crippen molar-refractivity contribution in [2.75, 3.05) is 26.8 Å². The molecule has 1 atom stereocenters. The highest BCUT2D eigenvalue weighted by molar-refractivity contribution is 7.46. The monoisotopic (exact) mass is 427 g/mol. The van der Waals surface area contributed by atoms with Gasteiger partial charge in [0.2, 0.25) is 11.8 Å². The molecule has 0 spiro atoms. The number of nitrogens with one attached hydrogen (secondary N) is 2. The summed E-state index contributed by atoms with van der Waals surface area (Å²) < 4.78 is 15.0. The third-order valence-electron chi connectivity index (χ3n) is 3.30. The van der Waals surface area contributed by atoms with E-state index in [1.807, 2.05) is 13.8 Å². The molecular formula is C16H34N3O8P. The maximum atomic E-state index is 11.9. The number of phosphoric ester groups is 1. The molecule has 12 heteroatoms. The molecule has 28 heavy (non-hydrogen) atoms. The van der Waals surface area contributed by atoms with Crippen LogP contribution in [0.4, 0.5) is 0 Å². The lowest BCUT2D eigenvalue weighted by molar-refractivity contribution is -0.137. The predicted molar refractivity (Wildman–Crippen MR) is 105 cm³/mol. The maximum Gasteiger partial charge on any atom is 0.469 e. The minimum absolute atomic E-state index is 0.00228. The number of aliphatic hydroxyl groups excluding tert-OH is 1. The third kappa shape index (κ3) is 14.5. The van der Waals surface area contributed by atoms with Crippen molar-refractivity contribution in [3.8, 4) is 0 Å². The van der Waals surface area contributed by atoms with E-state index in [0.717, 1.165) is 5.71 Å². The Morgan fingerprint density at radius 2 is 1.68 bits per heavy atom. The Morgan fingerprint density at radius 3 is 2.18 bits per heavy atom. The van der Waals surface area contributed by atoms with Crippen LogP contribution in [0.2, 0.25) is 0 Å². The maximum absolute atomic E-state index is 11.9. The standard InChI is InChI=1S/C14H28N3O8P.C2H6/c1-10(17-24-4)5-7-15-11(18)6-8-16-13(20)12(19)14(2,3)9-25-26(21,22)23;1-2/h12,19H,5-9H2,1-4H3,(H,15,18)(H,16,20)(H2,21,22,23);1-2H3/b17-10+;. The SMILES string of the molecule is CC.CO/N=C(\C)CCNC(=O)CCNC(=O)C(O)C(C)(C)COP(=O)(O)O. The first-order chi connectivity index (χ1) is 12.9. The Bertz CT molecular complexity index is 548. The highest BCUT2D eigenvalue weighted by atomic mass is 31.2. The lowest BCUT2D eigenvalue weighted by Gasteiger charge is -2.29. The lowest BCUT2D eigenvalue weighted by Crippen LogP contribution is -2.46. The third-order valence-corrected chi connectivity index (χ3v) is 3.77. The number of carbonyl (C=O) groups excluding carboxylic acids is 2. The van der Waals surface area contributed by atoms with E-state index in [2.05, 4.69) is 25.2 Å². The molecule has 166 valence electrons. The van der Waals surface area contributed by atoms with Crippen molar-refractivity contribution in [3.63, 3.8) is 0 Å². The van der Waals surface area contributed by atoms with Gasteiger partial charge >= 0.3 is 7.82 Å². The van der Waals surface area contributed by atoms with Crippen molar-refractivity contribution in [1.29, 1.82) is 0 Å². The summed E-state index contributed by atoms with van der Waals surface area (Å²) in [6.07, 6.45) is -1.03. The van der Waals surface area contributed by atoms with Gasteiger partial charge in [0.1, 0.15) is 13.2 Å². The molecule has 0 rings (SSSR count). The van der Waals surface area contributed by atoms with Crippen LogP contribution >= 0.6 is 7.82 Å². The van der Waals surface area contributed by atoms with Gasteiger partial charge in [-0.15, -0.1) is 0 Å². The Labute approximate surface area is 166 Å². The zero-order chi connectivity index (χ0) is 22.4. The van der Waals surface area contributed by atoms with E-state index in [0.29, 0.717) is 13.0 Å². The molecule has 0 fully saturated rings. The largest absolute Gasteiger partial charge is 0.469 e. The van der Waals surface area contributed by atoms with Gasteiger partial charge in [0, 0.05) is 31.3 Å². The Hall–Kier alpha value is -1.52. The molecule has 0 aromatic rings. The molecule has 0 heterocycles. The molecule has 0 aliphatic carbocycles. The van der Waals surface area contributed by atoms with Crippen molar-refractivity contribution in [1.82, 2.24) is 10.6 Å². The minimum Gasteiger partial charge on any atom is -0.399 e. The van der Waals surface area contributed by atoms with Gasteiger partial charge in [0.05, 0.1) is 12.3 Å². The Morgan fingerprint density at radius 1 is 1.14 bits per heavy atom. The molecule has 0 bridgehead atoms. The summed E-state index contributed by atoms with van der Waals surface area (Å²) in [4.78, 5) is 45.5. The zero-order valence-electron chi connectivity index (χ0n) is 17.4. The van der Waals surface area contributed by atoms with Crippen LogP contribution in [0.5, 0.6) is 0 Å². The second kappa shape index (κ2) is 14.5. The van der Waals surface area contributed by atoms with Crippen molar-refractivity contribution in [2.45, 2.75) is 53.6 Å². The first-order valence-electron chi connectivity index (χ1n) is 8.88. The summed E-state index contributed by atoms with van der Waals surface area (Å²) in [6.45, 7) is 8.46. The average Bonchev–Trinajstić information content (AvgIpc) is 2.60. The molecule has 0 radical (unpaired) electrons. The van der Waals surface area contributed by atoms with Crippen molar-refractivity contribution < 1.29 is 38.4 Å². The smallest absolute Gasteiger partial charge is 0.399 e. The zero-order valence-corrected chi connectivity index (χ0v) is 18.3. The van der Waals surface area contributed by atoms with Gasteiger partial charge < -0.3 is 30.4 Å². The van der Waals surface area contributed by atoms with Gasteiger partial charge in [-0.1, -0.05) is 32.9 Å². The van der Waals surface area contributed by atoms with Crippen LogP contribution in [0.15, 0.2) is 5.16 Å². The number of rotatable bonds is 12. The fourth-order valence-corrected chi connectivity index (χ4v) is 2.25. The average molecular weight is 427 g/mol. The van der Waals surface area contributed by atoms with Gasteiger partial charge in [-0.05, 0) is 6.92 Å². The van der Waals surface area contributed by atoms with Crippen LogP contribution in [0, 0.1) is 5.41 Å². The normalized spacial score (nSPS) is 13.1. The summed E-state index contributed by atoms with van der Waals surface area (Å²) in [5.74, 6) is -1.05. The fourth-order valence-electron chi connectivity index (χ4n) is 1.75. The van der Waals surface area contributed by atoms with Crippen LogP contribution in [0.1, 0.15) is 47.5 Å². The van der Waals surface area contributed by atoms with Gasteiger partial charge in [0.25, 0.3) is 0 Å². The number of hydrogen-bond donors (Lipinski definition) is 5. The first-order valence-corrected chi connectivity index (χ1v) is 10.4. The molecular weight excluding hydrogens is 393 g/mol. The van der Waals surface area contributed by atoms with Gasteiger partial charge in [-0.3, -0.25) is 14.1 Å². The summed E-state index contributed by atoms with van der Waals surface area (Å²) in [6, 6.07) is 0. The molecule has 0 aromatic heterocycles. The molecule has 5 N–H and O–H groups in total. The number of aliphatic hydroxyl groups is 1. The van der Waals surface area contributed by atoms with E-state index in [1.165, 1.54) is 21.0 Å². The Kier molecular flexibility index (Phi) is 14.8. The first kappa shape index (κ1) is 28.7. The summed E-state index contributed by atoms with van der Waals surface area (Å²) in [7, 11) is -3.27. The van der Waals surface area contributed by atoms with Crippen LogP contribution in [-0.4, -0.2) is 65.3 Å². The molecule has 0 saturated carbocycles. The van der Waals surface area contributed by atoms with Gasteiger partial charge in [0.15, 0.2) is 0 Å². The lowest BCUT2D eigenvalue weighted by atomic mass is 9.87. The summed E-state index contributed by atoms with van der Waals surface area (Å²) in [5.41, 5.74) is -0.505. The molecule has 11 nitrogen and oxygen atoms in total. The second-order valence-corrected chi connectivity index (χ2v) is 7.54. The summed E-state index contributed by atoms with van der Waals surface area (Å²) >= 11 is 0. The Balaban J connectivity index is 0. The van der Waals surface area contributed by atoms with Crippen LogP contribution in [0.3, 0.4) is 0 Å².